The number of alkyl halides is 3. The lowest BCUT2D eigenvalue weighted by Crippen LogP contribution is -2.44. The molecule has 1 N–H and O–H groups in total. The molecule has 1 saturated heterocycles. The zero-order valence-electron chi connectivity index (χ0n) is 16.4. The van der Waals surface area contributed by atoms with Crippen molar-refractivity contribution < 1.29 is 21.6 Å². The summed E-state index contributed by atoms with van der Waals surface area (Å²) in [6.45, 7) is 5.10. The van der Waals surface area contributed by atoms with Crippen LogP contribution in [0, 0.1) is 0 Å². The maximum Gasteiger partial charge on any atom is 0.408 e. The van der Waals surface area contributed by atoms with Gasteiger partial charge in [0.1, 0.15) is 5.37 Å². The van der Waals surface area contributed by atoms with E-state index in [1.807, 2.05) is 31.2 Å². The fraction of sp³-hybridized carbons (Fsp3) is 0.364. The Morgan fingerprint density at radius 1 is 1.20 bits per heavy atom. The molecule has 3 nitrogen and oxygen atoms in total. The molecule has 1 aliphatic heterocycles. The van der Waals surface area contributed by atoms with Gasteiger partial charge in [-0.05, 0) is 41.7 Å². The minimum atomic E-state index is -4.92. The first-order valence-corrected chi connectivity index (χ1v) is 11.6. The van der Waals surface area contributed by atoms with Crippen molar-refractivity contribution in [2.75, 3.05) is 0 Å². The Morgan fingerprint density at radius 2 is 1.83 bits per heavy atom. The van der Waals surface area contributed by atoms with Crippen LogP contribution < -0.4 is 5.32 Å². The first-order valence-electron chi connectivity index (χ1n) is 9.60. The number of rotatable bonds is 6. The maximum atomic E-state index is 13.4. The molecule has 2 aromatic carbocycles. The van der Waals surface area contributed by atoms with Crippen LogP contribution in [-0.4, -0.2) is 25.2 Å². The van der Waals surface area contributed by atoms with Crippen molar-refractivity contribution in [1.82, 2.24) is 5.32 Å². The smallest absolute Gasteiger partial charge is 0.294 e. The summed E-state index contributed by atoms with van der Waals surface area (Å²) in [6.07, 6.45) is -3.72. The average Bonchev–Trinajstić information content (AvgIpc) is 3.13. The Kier molecular flexibility index (Phi) is 6.65. The third-order valence-electron chi connectivity index (χ3n) is 5.59. The molecular weight excluding hydrogens is 435 g/mol. The molecule has 0 spiro atoms. The molecule has 4 unspecified atom stereocenters. The van der Waals surface area contributed by atoms with E-state index in [0.29, 0.717) is 11.1 Å². The summed E-state index contributed by atoms with van der Waals surface area (Å²) >= 11 is 5.98. The Hall–Kier alpha value is -1.83. The summed E-state index contributed by atoms with van der Waals surface area (Å²) in [4.78, 5) is 0. The van der Waals surface area contributed by atoms with E-state index in [9.17, 15) is 21.6 Å². The van der Waals surface area contributed by atoms with Gasteiger partial charge in [-0.2, -0.15) is 13.2 Å². The predicted octanol–water partition coefficient (Wildman–Crippen LogP) is 5.58. The largest absolute Gasteiger partial charge is 0.408 e. The summed E-state index contributed by atoms with van der Waals surface area (Å²) in [5, 5.41) is -0.432. The summed E-state index contributed by atoms with van der Waals surface area (Å²) in [5.74, 6) is -0.326. The first-order chi connectivity index (χ1) is 14.1. The van der Waals surface area contributed by atoms with Crippen LogP contribution in [0.25, 0.3) is 0 Å². The van der Waals surface area contributed by atoms with Crippen molar-refractivity contribution >= 4 is 21.4 Å². The van der Waals surface area contributed by atoms with Crippen LogP contribution in [0.5, 0.6) is 0 Å². The van der Waals surface area contributed by atoms with Gasteiger partial charge in [0.25, 0.3) is 0 Å². The summed E-state index contributed by atoms with van der Waals surface area (Å²) < 4.78 is 65.9. The van der Waals surface area contributed by atoms with Crippen LogP contribution in [-0.2, 0) is 16.3 Å². The van der Waals surface area contributed by atoms with Gasteiger partial charge in [0.05, 0.1) is 0 Å². The molecule has 0 aromatic heterocycles. The quantitative estimate of drug-likeness (QED) is 0.576. The van der Waals surface area contributed by atoms with Gasteiger partial charge in [0.2, 0.25) is 0 Å². The number of halogens is 4. The second-order valence-corrected chi connectivity index (χ2v) is 10.1. The molecule has 8 heteroatoms. The minimum Gasteiger partial charge on any atom is -0.294 e. The van der Waals surface area contributed by atoms with Crippen LogP contribution in [0.4, 0.5) is 13.2 Å². The van der Waals surface area contributed by atoms with Crippen LogP contribution in [0.15, 0.2) is 61.2 Å². The molecule has 0 bridgehead atoms. The van der Waals surface area contributed by atoms with E-state index in [-0.39, 0.29) is 12.3 Å². The predicted molar refractivity (Wildman–Crippen MR) is 113 cm³/mol. The minimum absolute atomic E-state index is 0.0209. The van der Waals surface area contributed by atoms with Crippen molar-refractivity contribution in [2.45, 2.75) is 48.5 Å². The fourth-order valence-electron chi connectivity index (χ4n) is 4.12. The SMILES string of the molecule is C=CC(C(F)(F)F)S(=O)(=O)C1CC(c2ccc(Cl)cc2)C(c2ccccc2CC)N1. The number of sulfone groups is 1. The molecule has 1 aliphatic rings. The molecule has 0 saturated carbocycles. The van der Waals surface area contributed by atoms with Crippen molar-refractivity contribution in [3.05, 3.63) is 82.9 Å². The molecule has 1 heterocycles. The van der Waals surface area contributed by atoms with Gasteiger partial charge < -0.3 is 0 Å². The number of nitrogens with one attached hydrogen (secondary N) is 1. The Balaban J connectivity index is 2.06. The van der Waals surface area contributed by atoms with Gasteiger partial charge in [0.15, 0.2) is 15.1 Å². The molecular formula is C22H23ClF3NO2S. The van der Waals surface area contributed by atoms with Crippen molar-refractivity contribution in [3.63, 3.8) is 0 Å². The van der Waals surface area contributed by atoms with Gasteiger partial charge in [0, 0.05) is 17.0 Å². The number of hydrogen-bond donors (Lipinski definition) is 1. The van der Waals surface area contributed by atoms with E-state index >= 15 is 0 Å². The van der Waals surface area contributed by atoms with Crippen LogP contribution >= 0.6 is 11.6 Å². The highest BCUT2D eigenvalue weighted by molar-refractivity contribution is 7.92. The van der Waals surface area contributed by atoms with Crippen molar-refractivity contribution in [2.24, 2.45) is 0 Å². The highest BCUT2D eigenvalue weighted by Gasteiger charge is 2.52. The summed E-state index contributed by atoms with van der Waals surface area (Å²) in [7, 11) is -4.60. The lowest BCUT2D eigenvalue weighted by Gasteiger charge is -2.24. The lowest BCUT2D eigenvalue weighted by atomic mass is 9.85. The van der Waals surface area contributed by atoms with Gasteiger partial charge in [-0.3, -0.25) is 5.32 Å². The molecule has 162 valence electrons. The van der Waals surface area contributed by atoms with Crippen LogP contribution in [0.2, 0.25) is 5.02 Å². The normalized spacial score (nSPS) is 23.3. The Labute approximate surface area is 179 Å². The number of hydrogen-bond acceptors (Lipinski definition) is 3. The molecule has 2 aromatic rings. The van der Waals surface area contributed by atoms with E-state index in [1.54, 1.807) is 24.3 Å². The van der Waals surface area contributed by atoms with E-state index in [2.05, 4.69) is 11.9 Å². The molecule has 30 heavy (non-hydrogen) atoms. The van der Waals surface area contributed by atoms with Crippen molar-refractivity contribution in [1.29, 1.82) is 0 Å². The highest BCUT2D eigenvalue weighted by atomic mass is 35.5. The zero-order valence-corrected chi connectivity index (χ0v) is 17.9. The summed E-state index contributed by atoms with van der Waals surface area (Å²) in [5.41, 5.74) is 2.73. The molecule has 0 radical (unpaired) electrons. The van der Waals surface area contributed by atoms with Crippen LogP contribution in [0.1, 0.15) is 42.0 Å². The van der Waals surface area contributed by atoms with E-state index in [1.165, 1.54) is 0 Å². The van der Waals surface area contributed by atoms with Crippen molar-refractivity contribution in [3.8, 4) is 0 Å². The van der Waals surface area contributed by atoms with E-state index < -0.39 is 32.7 Å². The van der Waals surface area contributed by atoms with E-state index in [0.717, 1.165) is 23.1 Å². The fourth-order valence-corrected chi connectivity index (χ4v) is 6.05. The molecule has 0 aliphatic carbocycles. The highest BCUT2D eigenvalue weighted by Crippen LogP contribution is 2.44. The lowest BCUT2D eigenvalue weighted by molar-refractivity contribution is -0.121. The first kappa shape index (κ1) is 22.8. The van der Waals surface area contributed by atoms with E-state index in [4.69, 9.17) is 11.6 Å². The third kappa shape index (κ3) is 4.43. The molecule has 3 rings (SSSR count). The topological polar surface area (TPSA) is 46.2 Å². The summed E-state index contributed by atoms with van der Waals surface area (Å²) in [6, 6.07) is 14.1. The van der Waals surface area contributed by atoms with Gasteiger partial charge in [-0.1, -0.05) is 61.0 Å². The third-order valence-corrected chi connectivity index (χ3v) is 8.13. The average molecular weight is 458 g/mol. The number of benzene rings is 2. The number of aryl methyl sites for hydroxylation is 1. The zero-order chi connectivity index (χ0) is 22.1. The van der Waals surface area contributed by atoms with Gasteiger partial charge in [-0.15, -0.1) is 6.58 Å². The molecule has 0 amide bonds. The van der Waals surface area contributed by atoms with Crippen LogP contribution in [0.3, 0.4) is 0 Å². The monoisotopic (exact) mass is 457 g/mol. The maximum absolute atomic E-state index is 13.4. The second kappa shape index (κ2) is 8.73. The van der Waals surface area contributed by atoms with Gasteiger partial charge in [-0.25, -0.2) is 8.42 Å². The van der Waals surface area contributed by atoms with Gasteiger partial charge >= 0.3 is 6.18 Å². The molecule has 1 fully saturated rings. The second-order valence-electron chi connectivity index (χ2n) is 7.37. The Morgan fingerprint density at radius 3 is 2.40 bits per heavy atom. The standard InChI is InChI=1S/C22H23ClF3NO2S/c1-3-14-7-5-6-8-17(14)21-18(15-9-11-16(23)12-10-15)13-20(27-21)30(28,29)19(4-2)22(24,25)26/h4-12,18-21,27H,2-3,13H2,1H3. The Bertz CT molecular complexity index is 1010. The molecule has 4 atom stereocenters.